The summed E-state index contributed by atoms with van der Waals surface area (Å²) < 4.78 is 5.31. The highest BCUT2D eigenvalue weighted by atomic mass is 16.5. The lowest BCUT2D eigenvalue weighted by molar-refractivity contribution is 0.0631. The monoisotopic (exact) mass is 284 g/mol. The lowest BCUT2D eigenvalue weighted by Crippen LogP contribution is -2.18. The Bertz CT molecular complexity index is 624. The molecule has 0 amide bonds. The molecular weight excluding hydrogens is 260 g/mol. The molecule has 21 heavy (non-hydrogen) atoms. The van der Waals surface area contributed by atoms with E-state index in [1.165, 1.54) is 0 Å². The number of aliphatic hydroxyl groups is 1. The van der Waals surface area contributed by atoms with E-state index in [2.05, 4.69) is 39.0 Å². The fourth-order valence-corrected chi connectivity index (χ4v) is 2.43. The van der Waals surface area contributed by atoms with Crippen LogP contribution in [0.3, 0.4) is 0 Å². The van der Waals surface area contributed by atoms with E-state index in [0.29, 0.717) is 0 Å². The van der Waals surface area contributed by atoms with Crippen molar-refractivity contribution in [3.8, 4) is 16.9 Å². The average Bonchev–Trinajstić information content (AvgIpc) is 2.45. The summed E-state index contributed by atoms with van der Waals surface area (Å²) in [6.07, 6.45) is -0.515. The van der Waals surface area contributed by atoms with Crippen LogP contribution in [0.25, 0.3) is 11.1 Å². The lowest BCUT2D eigenvalue weighted by Gasteiger charge is -2.28. The molecule has 0 spiro atoms. The van der Waals surface area contributed by atoms with Gasteiger partial charge in [-0.2, -0.15) is 0 Å². The third kappa shape index (κ3) is 3.45. The summed E-state index contributed by atoms with van der Waals surface area (Å²) >= 11 is 0. The standard InChI is InChI=1S/C19H24O2/c1-13-9-10-16(14-7-6-8-15(12-14)21-5)17(11-13)18(20)19(2,3)4/h6-12,18,20H,1-5H3/t18-/m0/s1. The van der Waals surface area contributed by atoms with Gasteiger partial charge in [0.1, 0.15) is 5.75 Å². The molecule has 0 saturated carbocycles. The Balaban J connectivity index is 2.58. The van der Waals surface area contributed by atoms with Crippen LogP contribution in [0.5, 0.6) is 5.75 Å². The maximum atomic E-state index is 10.7. The van der Waals surface area contributed by atoms with Crippen LogP contribution in [0.15, 0.2) is 42.5 Å². The molecule has 0 bridgehead atoms. The van der Waals surface area contributed by atoms with Gasteiger partial charge in [-0.3, -0.25) is 0 Å². The third-order valence-corrected chi connectivity index (χ3v) is 3.70. The summed E-state index contributed by atoms with van der Waals surface area (Å²) in [4.78, 5) is 0. The quantitative estimate of drug-likeness (QED) is 0.881. The molecule has 0 fully saturated rings. The molecule has 0 aromatic heterocycles. The number of methoxy groups -OCH3 is 1. The SMILES string of the molecule is COc1cccc(-c2ccc(C)cc2[C@H](O)C(C)(C)C)c1. The Morgan fingerprint density at radius 3 is 2.38 bits per heavy atom. The number of rotatable bonds is 3. The summed E-state index contributed by atoms with van der Waals surface area (Å²) in [6.45, 7) is 8.20. The second-order valence-electron chi connectivity index (χ2n) is 6.59. The first-order valence-corrected chi connectivity index (χ1v) is 7.26. The van der Waals surface area contributed by atoms with Crippen molar-refractivity contribution in [3.63, 3.8) is 0 Å². The minimum Gasteiger partial charge on any atom is -0.497 e. The van der Waals surface area contributed by atoms with Crippen molar-refractivity contribution in [2.75, 3.05) is 7.11 Å². The highest BCUT2D eigenvalue weighted by Gasteiger charge is 2.26. The topological polar surface area (TPSA) is 29.5 Å². The molecule has 1 N–H and O–H groups in total. The second-order valence-corrected chi connectivity index (χ2v) is 6.59. The molecule has 0 heterocycles. The van der Waals surface area contributed by atoms with Crippen molar-refractivity contribution < 1.29 is 9.84 Å². The van der Waals surface area contributed by atoms with Crippen molar-refractivity contribution in [3.05, 3.63) is 53.6 Å². The van der Waals surface area contributed by atoms with E-state index in [9.17, 15) is 5.11 Å². The molecule has 2 nitrogen and oxygen atoms in total. The summed E-state index contributed by atoms with van der Waals surface area (Å²) in [5.74, 6) is 0.823. The van der Waals surface area contributed by atoms with Crippen molar-refractivity contribution in [1.82, 2.24) is 0 Å². The predicted octanol–water partition coefficient (Wildman–Crippen LogP) is 4.75. The fourth-order valence-electron chi connectivity index (χ4n) is 2.43. The van der Waals surface area contributed by atoms with Gasteiger partial charge >= 0.3 is 0 Å². The van der Waals surface area contributed by atoms with Crippen LogP contribution in [0.1, 0.15) is 38.0 Å². The molecule has 2 heteroatoms. The Hall–Kier alpha value is -1.80. The minimum absolute atomic E-state index is 0.207. The Kier molecular flexibility index (Phi) is 4.38. The van der Waals surface area contributed by atoms with Gasteiger partial charge in [-0.1, -0.05) is 56.7 Å². The van der Waals surface area contributed by atoms with E-state index in [-0.39, 0.29) is 5.41 Å². The number of hydrogen-bond donors (Lipinski definition) is 1. The highest BCUT2D eigenvalue weighted by molar-refractivity contribution is 5.69. The molecule has 112 valence electrons. The van der Waals surface area contributed by atoms with Crippen molar-refractivity contribution in [1.29, 1.82) is 0 Å². The van der Waals surface area contributed by atoms with Gasteiger partial charge in [-0.25, -0.2) is 0 Å². The van der Waals surface area contributed by atoms with Crippen LogP contribution >= 0.6 is 0 Å². The van der Waals surface area contributed by atoms with Gasteiger partial charge in [0, 0.05) is 0 Å². The van der Waals surface area contributed by atoms with Gasteiger partial charge in [-0.05, 0) is 41.2 Å². The van der Waals surface area contributed by atoms with Gasteiger partial charge in [0.2, 0.25) is 0 Å². The summed E-state index contributed by atoms with van der Waals surface area (Å²) in [7, 11) is 1.67. The molecule has 0 aliphatic rings. The van der Waals surface area contributed by atoms with E-state index in [0.717, 1.165) is 28.0 Å². The molecule has 0 aliphatic carbocycles. The molecule has 2 aromatic rings. The molecule has 0 saturated heterocycles. The maximum absolute atomic E-state index is 10.7. The average molecular weight is 284 g/mol. The summed E-state index contributed by atoms with van der Waals surface area (Å²) in [6, 6.07) is 14.2. The van der Waals surface area contributed by atoms with Crippen LogP contribution in [0.4, 0.5) is 0 Å². The van der Waals surface area contributed by atoms with E-state index in [1.807, 2.05) is 31.2 Å². The maximum Gasteiger partial charge on any atom is 0.119 e. The van der Waals surface area contributed by atoms with Gasteiger partial charge in [-0.15, -0.1) is 0 Å². The third-order valence-electron chi connectivity index (χ3n) is 3.70. The zero-order valence-electron chi connectivity index (χ0n) is 13.5. The zero-order valence-corrected chi connectivity index (χ0v) is 13.5. The molecular formula is C19H24O2. The molecule has 1 atom stereocenters. The van der Waals surface area contributed by atoms with Gasteiger partial charge in [0.15, 0.2) is 0 Å². The normalized spacial score (nSPS) is 13.0. The lowest BCUT2D eigenvalue weighted by atomic mass is 9.81. The molecule has 0 aliphatic heterocycles. The Labute approximate surface area is 127 Å². The van der Waals surface area contributed by atoms with Crippen LogP contribution in [-0.4, -0.2) is 12.2 Å². The molecule has 0 unspecified atom stereocenters. The summed E-state index contributed by atoms with van der Waals surface area (Å²) in [5.41, 5.74) is 4.03. The first-order chi connectivity index (χ1) is 9.82. The number of aliphatic hydroxyl groups excluding tert-OH is 1. The van der Waals surface area contributed by atoms with Crippen LogP contribution < -0.4 is 4.74 Å². The smallest absolute Gasteiger partial charge is 0.119 e. The fraction of sp³-hybridized carbons (Fsp3) is 0.368. The van der Waals surface area contributed by atoms with Crippen molar-refractivity contribution in [2.45, 2.75) is 33.8 Å². The van der Waals surface area contributed by atoms with Gasteiger partial charge in [0.25, 0.3) is 0 Å². The second kappa shape index (κ2) is 5.90. The van der Waals surface area contributed by atoms with Gasteiger partial charge < -0.3 is 9.84 Å². The predicted molar refractivity (Wildman–Crippen MR) is 87.6 cm³/mol. The highest BCUT2D eigenvalue weighted by Crippen LogP contribution is 2.39. The first kappa shape index (κ1) is 15.6. The summed E-state index contributed by atoms with van der Waals surface area (Å²) in [5, 5.41) is 10.7. The van der Waals surface area contributed by atoms with Crippen molar-refractivity contribution in [2.24, 2.45) is 5.41 Å². The van der Waals surface area contributed by atoms with Crippen LogP contribution in [-0.2, 0) is 0 Å². The van der Waals surface area contributed by atoms with Crippen LogP contribution in [0.2, 0.25) is 0 Å². The Morgan fingerprint density at radius 1 is 1.05 bits per heavy atom. The van der Waals surface area contributed by atoms with Gasteiger partial charge in [0.05, 0.1) is 13.2 Å². The van der Waals surface area contributed by atoms with E-state index >= 15 is 0 Å². The van der Waals surface area contributed by atoms with E-state index in [4.69, 9.17) is 4.74 Å². The van der Waals surface area contributed by atoms with E-state index in [1.54, 1.807) is 7.11 Å². The number of aryl methyl sites for hydroxylation is 1. The van der Waals surface area contributed by atoms with Crippen LogP contribution in [0, 0.1) is 12.3 Å². The largest absolute Gasteiger partial charge is 0.497 e. The van der Waals surface area contributed by atoms with Crippen molar-refractivity contribution >= 4 is 0 Å². The molecule has 2 rings (SSSR count). The zero-order chi connectivity index (χ0) is 15.6. The number of benzene rings is 2. The molecule has 2 aromatic carbocycles. The van der Waals surface area contributed by atoms with E-state index < -0.39 is 6.10 Å². The Morgan fingerprint density at radius 2 is 1.76 bits per heavy atom. The number of hydrogen-bond acceptors (Lipinski definition) is 2. The molecule has 0 radical (unpaired) electrons. The minimum atomic E-state index is -0.515. The number of ether oxygens (including phenoxy) is 1. The first-order valence-electron chi connectivity index (χ1n) is 7.26.